The van der Waals surface area contributed by atoms with Crippen LogP contribution in [0.3, 0.4) is 0 Å². The maximum atomic E-state index is 11.1. The van der Waals surface area contributed by atoms with Gasteiger partial charge in [0.05, 0.1) is 21.1 Å². The van der Waals surface area contributed by atoms with Gasteiger partial charge in [-0.3, -0.25) is 14.5 Å². The van der Waals surface area contributed by atoms with Gasteiger partial charge >= 0.3 is 5.69 Å². The van der Waals surface area contributed by atoms with E-state index < -0.39 is 0 Å². The largest absolute Gasteiger partial charge is 1.00 e. The van der Waals surface area contributed by atoms with E-state index >= 15 is 0 Å². The van der Waals surface area contributed by atoms with Crippen LogP contribution >= 0.6 is 0 Å². The average molecular weight is 230 g/mol. The number of aromatic amines is 2. The number of fused-ring (bicyclic) bond motifs is 1. The Bertz CT molecular complexity index is 524. The summed E-state index contributed by atoms with van der Waals surface area (Å²) < 4.78 is 0.535. The topological polar surface area (TPSA) is 74.4 Å². The van der Waals surface area contributed by atoms with Crippen LogP contribution in [0.1, 0.15) is 0 Å². The average Bonchev–Trinajstić information content (AvgIpc) is 2.41. The minimum absolute atomic E-state index is 0. The normalized spacial score (nSPS) is 11.4. The first-order chi connectivity index (χ1) is 6.48. The molecule has 7 heteroatoms. The standard InChI is InChI=1S/C8H11N5O.ClH/c1-13(2,3)7-5-6(9-4-10-7)12-8(14)11-5;/h4H,1-3H3,(H-,9,10,11,12,14);1H. The van der Waals surface area contributed by atoms with E-state index in [1.807, 2.05) is 21.1 Å². The van der Waals surface area contributed by atoms with Gasteiger partial charge in [0.2, 0.25) is 0 Å². The summed E-state index contributed by atoms with van der Waals surface area (Å²) in [4.78, 5) is 24.5. The van der Waals surface area contributed by atoms with Gasteiger partial charge in [0.25, 0.3) is 5.82 Å². The molecule has 15 heavy (non-hydrogen) atoms. The molecule has 2 aromatic heterocycles. The summed E-state index contributed by atoms with van der Waals surface area (Å²) in [7, 11) is 5.94. The molecule has 0 atom stereocenters. The van der Waals surface area contributed by atoms with Gasteiger partial charge in [0, 0.05) is 0 Å². The van der Waals surface area contributed by atoms with E-state index in [-0.39, 0.29) is 18.1 Å². The summed E-state index contributed by atoms with van der Waals surface area (Å²) >= 11 is 0. The maximum Gasteiger partial charge on any atom is 0.325 e. The molecule has 0 amide bonds. The van der Waals surface area contributed by atoms with E-state index in [4.69, 9.17) is 0 Å². The monoisotopic (exact) mass is 229 g/mol. The number of rotatable bonds is 1. The van der Waals surface area contributed by atoms with Crippen molar-refractivity contribution in [2.45, 2.75) is 0 Å². The van der Waals surface area contributed by atoms with Crippen molar-refractivity contribution in [3.63, 3.8) is 0 Å². The van der Waals surface area contributed by atoms with Gasteiger partial charge in [-0.05, 0) is 0 Å². The smallest absolute Gasteiger partial charge is 0.325 e. The van der Waals surface area contributed by atoms with Crippen LogP contribution in [-0.2, 0) is 0 Å². The second-order valence-electron chi connectivity index (χ2n) is 4.01. The molecule has 2 rings (SSSR count). The SMILES string of the molecule is C[N+](C)(C)c1ncnc2[nH]c(=O)[nH]c12.[Cl-]. The molecule has 2 heterocycles. The third-order valence-electron chi connectivity index (χ3n) is 1.93. The van der Waals surface area contributed by atoms with Crippen LogP contribution in [0.5, 0.6) is 0 Å². The van der Waals surface area contributed by atoms with Gasteiger partial charge < -0.3 is 12.4 Å². The second-order valence-corrected chi connectivity index (χ2v) is 4.01. The fourth-order valence-corrected chi connectivity index (χ4v) is 1.35. The molecule has 0 unspecified atom stereocenters. The molecule has 0 bridgehead atoms. The number of hydrogen-bond acceptors (Lipinski definition) is 3. The molecular formula is C8H12ClN5O. The lowest BCUT2D eigenvalue weighted by Crippen LogP contribution is -3.00. The Balaban J connectivity index is 0.00000112. The highest BCUT2D eigenvalue weighted by Crippen LogP contribution is 2.19. The van der Waals surface area contributed by atoms with E-state index in [9.17, 15) is 4.79 Å². The van der Waals surface area contributed by atoms with Gasteiger partial charge in [-0.25, -0.2) is 9.78 Å². The molecule has 0 aliphatic rings. The molecular weight excluding hydrogens is 218 g/mol. The third-order valence-corrected chi connectivity index (χ3v) is 1.93. The first-order valence-electron chi connectivity index (χ1n) is 4.23. The molecule has 82 valence electrons. The Morgan fingerprint density at radius 2 is 1.87 bits per heavy atom. The number of hydrogen-bond donors (Lipinski definition) is 2. The van der Waals surface area contributed by atoms with Crippen molar-refractivity contribution in [1.82, 2.24) is 24.4 Å². The van der Waals surface area contributed by atoms with Gasteiger partial charge in [-0.2, -0.15) is 4.98 Å². The fraction of sp³-hybridized carbons (Fsp3) is 0.375. The molecule has 2 aromatic rings. The van der Waals surface area contributed by atoms with E-state index in [0.717, 1.165) is 5.82 Å². The van der Waals surface area contributed by atoms with Gasteiger partial charge in [0.15, 0.2) is 11.2 Å². The van der Waals surface area contributed by atoms with Crippen LogP contribution in [0.2, 0.25) is 0 Å². The quantitative estimate of drug-likeness (QED) is 0.507. The fourth-order valence-electron chi connectivity index (χ4n) is 1.35. The van der Waals surface area contributed by atoms with Crippen LogP contribution in [0.25, 0.3) is 11.2 Å². The van der Waals surface area contributed by atoms with Gasteiger partial charge in [-0.15, -0.1) is 0 Å². The van der Waals surface area contributed by atoms with Crippen LogP contribution in [-0.4, -0.2) is 41.1 Å². The lowest BCUT2D eigenvalue weighted by atomic mass is 10.4. The van der Waals surface area contributed by atoms with Crippen molar-refractivity contribution in [2.75, 3.05) is 21.1 Å². The summed E-state index contributed by atoms with van der Waals surface area (Å²) in [5, 5.41) is 0. The van der Waals surface area contributed by atoms with Crippen molar-refractivity contribution < 1.29 is 12.4 Å². The molecule has 0 aliphatic carbocycles. The molecule has 6 nitrogen and oxygen atoms in total. The van der Waals surface area contributed by atoms with Crippen molar-refractivity contribution in [1.29, 1.82) is 0 Å². The van der Waals surface area contributed by atoms with Crippen molar-refractivity contribution >= 4 is 17.0 Å². The van der Waals surface area contributed by atoms with Crippen LogP contribution < -0.4 is 22.6 Å². The minimum atomic E-state index is -0.254. The van der Waals surface area contributed by atoms with Crippen LogP contribution in [0.4, 0.5) is 5.82 Å². The number of quaternary nitrogens is 1. The first-order valence-corrected chi connectivity index (χ1v) is 4.23. The Hall–Kier alpha value is -1.40. The highest BCUT2D eigenvalue weighted by molar-refractivity contribution is 5.81. The van der Waals surface area contributed by atoms with E-state index in [1.54, 1.807) is 0 Å². The van der Waals surface area contributed by atoms with Crippen molar-refractivity contribution in [3.8, 4) is 0 Å². The highest BCUT2D eigenvalue weighted by Gasteiger charge is 2.20. The number of imidazole rings is 1. The minimum Gasteiger partial charge on any atom is -1.00 e. The number of halogens is 1. The molecule has 0 saturated carbocycles. The van der Waals surface area contributed by atoms with Crippen LogP contribution in [0.15, 0.2) is 11.1 Å². The number of nitrogens with zero attached hydrogens (tertiary/aromatic N) is 3. The Labute approximate surface area is 92.4 Å². The molecule has 0 saturated heterocycles. The molecule has 0 fully saturated rings. The van der Waals surface area contributed by atoms with Gasteiger partial charge in [0.1, 0.15) is 6.33 Å². The molecule has 0 aliphatic heterocycles. The number of nitrogens with one attached hydrogen (secondary N) is 2. The van der Waals surface area contributed by atoms with Crippen molar-refractivity contribution in [2.24, 2.45) is 0 Å². The van der Waals surface area contributed by atoms with E-state index in [2.05, 4.69) is 19.9 Å². The van der Waals surface area contributed by atoms with Crippen LogP contribution in [0, 0.1) is 0 Å². The summed E-state index contributed by atoms with van der Waals surface area (Å²) in [5.74, 6) is 0.786. The molecule has 0 radical (unpaired) electrons. The lowest BCUT2D eigenvalue weighted by molar-refractivity contribution is -0.00000350. The zero-order valence-electron chi connectivity index (χ0n) is 8.71. The zero-order valence-corrected chi connectivity index (χ0v) is 9.46. The first kappa shape index (κ1) is 11.7. The Morgan fingerprint density at radius 3 is 2.47 bits per heavy atom. The molecule has 0 aromatic carbocycles. The predicted octanol–water partition coefficient (Wildman–Crippen LogP) is -3.15. The summed E-state index contributed by atoms with van der Waals surface area (Å²) in [5.41, 5.74) is 0.966. The molecule has 2 N–H and O–H groups in total. The van der Waals surface area contributed by atoms with E-state index in [0.29, 0.717) is 15.6 Å². The summed E-state index contributed by atoms with van der Waals surface area (Å²) in [6.45, 7) is 0. The second kappa shape index (κ2) is 3.63. The number of aromatic nitrogens is 4. The van der Waals surface area contributed by atoms with Crippen molar-refractivity contribution in [3.05, 3.63) is 16.8 Å². The zero-order chi connectivity index (χ0) is 10.3. The summed E-state index contributed by atoms with van der Waals surface area (Å²) in [6, 6.07) is 0. The maximum absolute atomic E-state index is 11.1. The van der Waals surface area contributed by atoms with Gasteiger partial charge in [-0.1, -0.05) is 0 Å². The van der Waals surface area contributed by atoms with E-state index in [1.165, 1.54) is 6.33 Å². The lowest BCUT2D eigenvalue weighted by Gasteiger charge is -2.21. The molecule has 0 spiro atoms. The Kier molecular flexibility index (Phi) is 2.83. The third kappa shape index (κ3) is 2.00. The number of H-pyrrole nitrogens is 2. The summed E-state index contributed by atoms with van der Waals surface area (Å²) in [6.07, 6.45) is 1.45. The predicted molar refractivity (Wildman–Crippen MR) is 54.1 cm³/mol. The highest BCUT2D eigenvalue weighted by atomic mass is 35.5. The Morgan fingerprint density at radius 1 is 1.20 bits per heavy atom.